The van der Waals surface area contributed by atoms with Crippen LogP contribution in [0.15, 0.2) is 22.7 Å². The molecular formula is C12H15BrNO2. The number of ether oxygens (including phenoxy) is 1. The van der Waals surface area contributed by atoms with Crippen molar-refractivity contribution in [3.63, 3.8) is 0 Å². The van der Waals surface area contributed by atoms with Crippen LogP contribution in [0.3, 0.4) is 0 Å². The molecule has 1 unspecified atom stereocenters. The van der Waals surface area contributed by atoms with Gasteiger partial charge in [-0.25, -0.2) is 4.79 Å². The number of carbonyl (C=O) groups is 1. The predicted molar refractivity (Wildman–Crippen MR) is 65.8 cm³/mol. The van der Waals surface area contributed by atoms with Crippen molar-refractivity contribution < 1.29 is 9.53 Å². The summed E-state index contributed by atoms with van der Waals surface area (Å²) in [5, 5.41) is 0. The minimum absolute atomic E-state index is 0.428. The standard InChI is InChI=1S/C12H15BrNO2/c1-12(2,3)16-11(15)10(14)8-4-6-9(13)7-5-8/h4-6,10H,14H2,1-3H3. The van der Waals surface area contributed by atoms with E-state index in [1.54, 1.807) is 18.2 Å². The Bertz CT molecular complexity index is 368. The van der Waals surface area contributed by atoms with Crippen LogP contribution in [-0.2, 0) is 9.53 Å². The number of halogens is 1. The van der Waals surface area contributed by atoms with Crippen molar-refractivity contribution in [1.82, 2.24) is 0 Å². The average Bonchev–Trinajstić information content (AvgIpc) is 2.15. The maximum atomic E-state index is 11.7. The molecule has 1 aromatic carbocycles. The van der Waals surface area contributed by atoms with Crippen LogP contribution < -0.4 is 5.73 Å². The van der Waals surface area contributed by atoms with Crippen molar-refractivity contribution in [2.24, 2.45) is 5.73 Å². The summed E-state index contributed by atoms with van der Waals surface area (Å²) in [7, 11) is 0. The molecule has 0 heterocycles. The van der Waals surface area contributed by atoms with E-state index in [1.807, 2.05) is 20.8 Å². The molecule has 4 heteroatoms. The Balaban J connectivity index is 2.74. The number of carbonyl (C=O) groups excluding carboxylic acids is 1. The monoisotopic (exact) mass is 284 g/mol. The second-order valence-electron chi connectivity index (χ2n) is 4.48. The Morgan fingerprint density at radius 3 is 2.56 bits per heavy atom. The molecule has 0 spiro atoms. The Hall–Kier alpha value is -0.870. The molecule has 1 atom stereocenters. The molecule has 0 amide bonds. The van der Waals surface area contributed by atoms with Crippen molar-refractivity contribution >= 4 is 21.9 Å². The van der Waals surface area contributed by atoms with Gasteiger partial charge >= 0.3 is 5.97 Å². The topological polar surface area (TPSA) is 52.3 Å². The third-order valence-electron chi connectivity index (χ3n) is 1.82. The van der Waals surface area contributed by atoms with Gasteiger partial charge in [-0.05, 0) is 44.5 Å². The highest BCUT2D eigenvalue weighted by Crippen LogP contribution is 2.18. The maximum absolute atomic E-state index is 11.7. The quantitative estimate of drug-likeness (QED) is 0.850. The first-order valence-corrected chi connectivity index (χ1v) is 5.74. The van der Waals surface area contributed by atoms with E-state index in [0.717, 1.165) is 4.47 Å². The minimum atomic E-state index is -0.761. The summed E-state index contributed by atoms with van der Waals surface area (Å²) in [6.45, 7) is 5.43. The molecule has 16 heavy (non-hydrogen) atoms. The summed E-state index contributed by atoms with van der Waals surface area (Å²) >= 11 is 3.27. The first kappa shape index (κ1) is 13.2. The molecule has 0 aliphatic heterocycles. The van der Waals surface area contributed by atoms with E-state index in [1.165, 1.54) is 0 Å². The maximum Gasteiger partial charge on any atom is 0.328 e. The number of nitrogens with two attached hydrogens (primary N) is 1. The summed E-state index contributed by atoms with van der Waals surface area (Å²) in [5.74, 6) is -0.428. The summed E-state index contributed by atoms with van der Waals surface area (Å²) in [5.41, 5.74) is 5.96. The van der Waals surface area contributed by atoms with E-state index in [2.05, 4.69) is 22.0 Å². The zero-order valence-electron chi connectivity index (χ0n) is 9.58. The van der Waals surface area contributed by atoms with E-state index in [9.17, 15) is 4.79 Å². The molecule has 0 saturated heterocycles. The number of hydrogen-bond acceptors (Lipinski definition) is 3. The normalized spacial score (nSPS) is 13.3. The van der Waals surface area contributed by atoms with Crippen LogP contribution >= 0.6 is 15.9 Å². The van der Waals surface area contributed by atoms with Crippen LogP contribution in [0.2, 0.25) is 0 Å². The average molecular weight is 285 g/mol. The van der Waals surface area contributed by atoms with Crippen molar-refractivity contribution in [3.05, 3.63) is 34.3 Å². The van der Waals surface area contributed by atoms with E-state index in [4.69, 9.17) is 10.5 Å². The molecule has 2 N–H and O–H groups in total. The zero-order valence-corrected chi connectivity index (χ0v) is 11.2. The lowest BCUT2D eigenvalue weighted by atomic mass is 10.1. The Labute approximate surface area is 104 Å². The molecule has 1 aromatic rings. The van der Waals surface area contributed by atoms with Gasteiger partial charge in [0, 0.05) is 4.47 Å². The van der Waals surface area contributed by atoms with Gasteiger partial charge in [0.15, 0.2) is 0 Å². The van der Waals surface area contributed by atoms with Crippen molar-refractivity contribution in [2.75, 3.05) is 0 Å². The van der Waals surface area contributed by atoms with E-state index >= 15 is 0 Å². The van der Waals surface area contributed by atoms with Crippen LogP contribution in [0.5, 0.6) is 0 Å². The first-order valence-electron chi connectivity index (χ1n) is 4.95. The van der Waals surface area contributed by atoms with Crippen molar-refractivity contribution in [1.29, 1.82) is 0 Å². The molecule has 0 saturated carbocycles. The Morgan fingerprint density at radius 2 is 2.12 bits per heavy atom. The van der Waals surface area contributed by atoms with Gasteiger partial charge in [0.1, 0.15) is 11.6 Å². The molecule has 0 aromatic heterocycles. The van der Waals surface area contributed by atoms with Crippen LogP contribution in [-0.4, -0.2) is 11.6 Å². The summed E-state index contributed by atoms with van der Waals surface area (Å²) in [4.78, 5) is 11.7. The highest BCUT2D eigenvalue weighted by Gasteiger charge is 2.23. The number of esters is 1. The Kier molecular flexibility index (Phi) is 4.10. The van der Waals surface area contributed by atoms with E-state index in [0.29, 0.717) is 5.56 Å². The summed E-state index contributed by atoms with van der Waals surface area (Å²) in [6, 6.07) is 7.41. The smallest absolute Gasteiger partial charge is 0.328 e. The lowest BCUT2D eigenvalue weighted by Crippen LogP contribution is -2.31. The molecule has 1 rings (SSSR count). The van der Waals surface area contributed by atoms with Gasteiger partial charge in [0.2, 0.25) is 0 Å². The van der Waals surface area contributed by atoms with Gasteiger partial charge in [-0.1, -0.05) is 22.0 Å². The molecule has 87 valence electrons. The minimum Gasteiger partial charge on any atom is -0.459 e. The summed E-state index contributed by atoms with van der Waals surface area (Å²) in [6.07, 6.45) is 0. The largest absolute Gasteiger partial charge is 0.459 e. The van der Waals surface area contributed by atoms with E-state index in [-0.39, 0.29) is 0 Å². The van der Waals surface area contributed by atoms with Crippen molar-refractivity contribution in [2.45, 2.75) is 32.4 Å². The fraction of sp³-hybridized carbons (Fsp3) is 0.417. The van der Waals surface area contributed by atoms with Gasteiger partial charge in [0.25, 0.3) is 0 Å². The molecule has 3 nitrogen and oxygen atoms in total. The van der Waals surface area contributed by atoms with Crippen LogP contribution in [0.25, 0.3) is 0 Å². The summed E-state index contributed by atoms with van der Waals surface area (Å²) < 4.78 is 6.02. The van der Waals surface area contributed by atoms with Gasteiger partial charge in [-0.2, -0.15) is 0 Å². The number of benzene rings is 1. The number of rotatable bonds is 2. The van der Waals surface area contributed by atoms with Crippen molar-refractivity contribution in [3.8, 4) is 0 Å². The van der Waals surface area contributed by atoms with Crippen LogP contribution in [0.1, 0.15) is 32.4 Å². The predicted octanol–water partition coefficient (Wildman–Crippen LogP) is 2.59. The third kappa shape index (κ3) is 3.94. The molecule has 1 radical (unpaired) electrons. The van der Waals surface area contributed by atoms with Gasteiger partial charge in [0.05, 0.1) is 0 Å². The highest BCUT2D eigenvalue weighted by molar-refractivity contribution is 9.10. The second kappa shape index (κ2) is 4.97. The lowest BCUT2D eigenvalue weighted by Gasteiger charge is -2.22. The fourth-order valence-corrected chi connectivity index (χ4v) is 1.36. The SMILES string of the molecule is CC(C)(C)OC(=O)C(N)c1c[c]c(Br)cc1. The van der Waals surface area contributed by atoms with Gasteiger partial charge < -0.3 is 10.5 Å². The second-order valence-corrected chi connectivity index (χ2v) is 5.34. The highest BCUT2D eigenvalue weighted by atomic mass is 79.9. The third-order valence-corrected chi connectivity index (χ3v) is 2.31. The van der Waals surface area contributed by atoms with E-state index < -0.39 is 17.6 Å². The molecular weight excluding hydrogens is 270 g/mol. The Morgan fingerprint density at radius 1 is 1.50 bits per heavy atom. The lowest BCUT2D eigenvalue weighted by molar-refractivity contribution is -0.156. The molecule has 0 fully saturated rings. The van der Waals surface area contributed by atoms with Crippen LogP contribution in [0, 0.1) is 6.07 Å². The fourth-order valence-electron chi connectivity index (χ4n) is 1.11. The zero-order chi connectivity index (χ0) is 12.3. The van der Waals surface area contributed by atoms with Crippen LogP contribution in [0.4, 0.5) is 0 Å². The first-order chi connectivity index (χ1) is 7.29. The molecule has 0 bridgehead atoms. The molecule has 0 aliphatic rings. The van der Waals surface area contributed by atoms with Gasteiger partial charge in [-0.15, -0.1) is 0 Å². The number of hydrogen-bond donors (Lipinski definition) is 1. The molecule has 0 aliphatic carbocycles. The van der Waals surface area contributed by atoms with Gasteiger partial charge in [-0.3, -0.25) is 0 Å².